The average Bonchev–Trinajstić information content (AvgIpc) is 2.63. The normalized spacial score (nSPS) is 15.5. The Morgan fingerprint density at radius 3 is 2.71 bits per heavy atom. The number of hydrogen-bond acceptors (Lipinski definition) is 6. The first-order chi connectivity index (χ1) is 11.7. The average molecular weight is 391 g/mol. The number of pyridine rings is 1. The lowest BCUT2D eigenvalue weighted by Crippen LogP contribution is -2.46. The fourth-order valence-corrected chi connectivity index (χ4v) is 2.95. The summed E-state index contributed by atoms with van der Waals surface area (Å²) in [5, 5.41) is 3.28. The van der Waals surface area contributed by atoms with Crippen LogP contribution in [0, 0.1) is 6.92 Å². The van der Waals surface area contributed by atoms with Gasteiger partial charge in [0.25, 0.3) is 0 Å². The minimum Gasteiger partial charge on any atom is -0.354 e. The molecular formula is C17H23BrN6. The number of halogens is 1. The number of aryl methyl sites for hydroxylation is 1. The third kappa shape index (κ3) is 4.21. The maximum atomic E-state index is 4.54. The lowest BCUT2D eigenvalue weighted by atomic mass is 10.2. The Morgan fingerprint density at radius 2 is 2.00 bits per heavy atom. The molecule has 1 N–H and O–H groups in total. The molecule has 0 aromatic carbocycles. The second-order valence-corrected chi connectivity index (χ2v) is 6.78. The standard InChI is InChI=1S/C17H23BrN6/c1-3-23-6-8-24(9-7-23)16-10-14(4-5-19-16)11-20-17-21-12-15(18)13(2)22-17/h4-5,10,12H,3,6-9,11H2,1-2H3,(H,20,21,22). The largest absolute Gasteiger partial charge is 0.354 e. The van der Waals surface area contributed by atoms with Crippen molar-refractivity contribution in [2.24, 2.45) is 0 Å². The van der Waals surface area contributed by atoms with Crippen molar-refractivity contribution in [3.05, 3.63) is 40.3 Å². The van der Waals surface area contributed by atoms with Crippen molar-refractivity contribution in [2.75, 3.05) is 42.9 Å². The van der Waals surface area contributed by atoms with Crippen molar-refractivity contribution < 1.29 is 0 Å². The summed E-state index contributed by atoms with van der Waals surface area (Å²) in [5.74, 6) is 1.70. The van der Waals surface area contributed by atoms with Gasteiger partial charge < -0.3 is 15.1 Å². The summed E-state index contributed by atoms with van der Waals surface area (Å²) < 4.78 is 0.922. The first kappa shape index (κ1) is 17.1. The van der Waals surface area contributed by atoms with E-state index in [0.29, 0.717) is 12.5 Å². The van der Waals surface area contributed by atoms with Gasteiger partial charge in [-0.1, -0.05) is 6.92 Å². The summed E-state index contributed by atoms with van der Waals surface area (Å²) in [7, 11) is 0. The van der Waals surface area contributed by atoms with Crippen LogP contribution in [0.25, 0.3) is 0 Å². The third-order valence-electron chi connectivity index (χ3n) is 4.32. The van der Waals surface area contributed by atoms with E-state index in [1.807, 2.05) is 19.2 Å². The van der Waals surface area contributed by atoms with Gasteiger partial charge >= 0.3 is 0 Å². The van der Waals surface area contributed by atoms with E-state index in [4.69, 9.17) is 0 Å². The molecule has 0 saturated carbocycles. The van der Waals surface area contributed by atoms with Crippen LogP contribution < -0.4 is 10.2 Å². The summed E-state index contributed by atoms with van der Waals surface area (Å²) >= 11 is 3.42. The second kappa shape index (κ2) is 7.90. The van der Waals surface area contributed by atoms with Gasteiger partial charge in [0.05, 0.1) is 10.2 Å². The molecule has 128 valence electrons. The molecule has 0 spiro atoms. The summed E-state index contributed by atoms with van der Waals surface area (Å²) in [6, 6.07) is 4.19. The molecule has 2 aromatic heterocycles. The Bertz CT molecular complexity index is 685. The lowest BCUT2D eigenvalue weighted by molar-refractivity contribution is 0.270. The van der Waals surface area contributed by atoms with Gasteiger partial charge in [-0.3, -0.25) is 0 Å². The van der Waals surface area contributed by atoms with Crippen LogP contribution in [-0.2, 0) is 6.54 Å². The number of anilines is 2. The van der Waals surface area contributed by atoms with E-state index in [2.05, 4.69) is 59.0 Å². The van der Waals surface area contributed by atoms with Gasteiger partial charge in [0.2, 0.25) is 5.95 Å². The number of nitrogens with zero attached hydrogens (tertiary/aromatic N) is 5. The van der Waals surface area contributed by atoms with Crippen LogP contribution in [0.1, 0.15) is 18.2 Å². The van der Waals surface area contributed by atoms with E-state index >= 15 is 0 Å². The van der Waals surface area contributed by atoms with Gasteiger partial charge in [-0.25, -0.2) is 15.0 Å². The molecule has 0 amide bonds. The van der Waals surface area contributed by atoms with Crippen LogP contribution in [0.4, 0.5) is 11.8 Å². The van der Waals surface area contributed by atoms with Crippen LogP contribution in [0.5, 0.6) is 0 Å². The smallest absolute Gasteiger partial charge is 0.223 e. The zero-order chi connectivity index (χ0) is 16.9. The van der Waals surface area contributed by atoms with Gasteiger partial charge in [0.1, 0.15) is 5.82 Å². The van der Waals surface area contributed by atoms with Crippen LogP contribution >= 0.6 is 15.9 Å². The molecular weight excluding hydrogens is 368 g/mol. The molecule has 7 heteroatoms. The number of aromatic nitrogens is 3. The lowest BCUT2D eigenvalue weighted by Gasteiger charge is -2.34. The van der Waals surface area contributed by atoms with Crippen LogP contribution in [-0.4, -0.2) is 52.6 Å². The zero-order valence-corrected chi connectivity index (χ0v) is 15.8. The predicted molar refractivity (Wildman–Crippen MR) is 100 cm³/mol. The SMILES string of the molecule is CCN1CCN(c2cc(CNc3ncc(Br)c(C)n3)ccn2)CC1. The summed E-state index contributed by atoms with van der Waals surface area (Å²) in [5.41, 5.74) is 2.11. The molecule has 0 bridgehead atoms. The molecule has 1 aliphatic heterocycles. The van der Waals surface area contributed by atoms with Crippen LogP contribution in [0.3, 0.4) is 0 Å². The predicted octanol–water partition coefficient (Wildman–Crippen LogP) is 2.70. The molecule has 0 aliphatic carbocycles. The first-order valence-electron chi connectivity index (χ1n) is 8.31. The number of likely N-dealkylation sites (N-methyl/N-ethyl adjacent to an activating group) is 1. The molecule has 0 unspecified atom stereocenters. The van der Waals surface area contributed by atoms with E-state index in [1.54, 1.807) is 6.20 Å². The molecule has 2 aromatic rings. The Balaban J connectivity index is 1.62. The highest BCUT2D eigenvalue weighted by Crippen LogP contribution is 2.17. The molecule has 0 radical (unpaired) electrons. The van der Waals surface area contributed by atoms with E-state index in [1.165, 1.54) is 5.56 Å². The molecule has 1 aliphatic rings. The fraction of sp³-hybridized carbons (Fsp3) is 0.471. The van der Waals surface area contributed by atoms with E-state index in [-0.39, 0.29) is 0 Å². The van der Waals surface area contributed by atoms with E-state index in [9.17, 15) is 0 Å². The highest BCUT2D eigenvalue weighted by molar-refractivity contribution is 9.10. The first-order valence-corrected chi connectivity index (χ1v) is 9.10. The van der Waals surface area contributed by atoms with Crippen LogP contribution in [0.2, 0.25) is 0 Å². The fourth-order valence-electron chi connectivity index (χ4n) is 2.76. The number of hydrogen-bond donors (Lipinski definition) is 1. The van der Waals surface area contributed by atoms with Crippen molar-refractivity contribution in [1.29, 1.82) is 0 Å². The summed E-state index contributed by atoms with van der Waals surface area (Å²) in [6.45, 7) is 10.3. The molecule has 24 heavy (non-hydrogen) atoms. The van der Waals surface area contributed by atoms with Crippen molar-refractivity contribution in [3.8, 4) is 0 Å². The van der Waals surface area contributed by atoms with Crippen molar-refractivity contribution in [2.45, 2.75) is 20.4 Å². The summed E-state index contributed by atoms with van der Waals surface area (Å²) in [6.07, 6.45) is 3.65. The second-order valence-electron chi connectivity index (χ2n) is 5.92. The van der Waals surface area contributed by atoms with Gasteiger partial charge in [0, 0.05) is 45.1 Å². The zero-order valence-electron chi connectivity index (χ0n) is 14.2. The van der Waals surface area contributed by atoms with Crippen molar-refractivity contribution >= 4 is 27.7 Å². The van der Waals surface area contributed by atoms with Gasteiger partial charge in [-0.2, -0.15) is 0 Å². The van der Waals surface area contributed by atoms with E-state index < -0.39 is 0 Å². The monoisotopic (exact) mass is 390 g/mol. The van der Waals surface area contributed by atoms with Gasteiger partial charge in [-0.05, 0) is 47.1 Å². The highest BCUT2D eigenvalue weighted by Gasteiger charge is 2.16. The van der Waals surface area contributed by atoms with E-state index in [0.717, 1.165) is 48.7 Å². The van der Waals surface area contributed by atoms with Gasteiger partial charge in [-0.15, -0.1) is 0 Å². The maximum absolute atomic E-state index is 4.54. The molecule has 3 heterocycles. The topological polar surface area (TPSA) is 57.2 Å². The quantitative estimate of drug-likeness (QED) is 0.846. The van der Waals surface area contributed by atoms with Crippen LogP contribution in [0.15, 0.2) is 29.0 Å². The van der Waals surface area contributed by atoms with Crippen molar-refractivity contribution in [1.82, 2.24) is 19.9 Å². The number of rotatable bonds is 5. The molecule has 0 atom stereocenters. The number of nitrogens with one attached hydrogen (secondary N) is 1. The minimum absolute atomic E-state index is 0.644. The maximum Gasteiger partial charge on any atom is 0.223 e. The van der Waals surface area contributed by atoms with Crippen molar-refractivity contribution in [3.63, 3.8) is 0 Å². The Kier molecular flexibility index (Phi) is 5.63. The molecule has 1 fully saturated rings. The molecule has 3 rings (SSSR count). The Hall–Kier alpha value is -1.73. The minimum atomic E-state index is 0.644. The Morgan fingerprint density at radius 1 is 1.21 bits per heavy atom. The Labute approximate surface area is 151 Å². The summed E-state index contributed by atoms with van der Waals surface area (Å²) in [4.78, 5) is 18.1. The van der Waals surface area contributed by atoms with Gasteiger partial charge in [0.15, 0.2) is 0 Å². The third-order valence-corrected chi connectivity index (χ3v) is 5.10. The highest BCUT2D eigenvalue weighted by atomic mass is 79.9. The molecule has 6 nitrogen and oxygen atoms in total. The molecule has 1 saturated heterocycles. The number of piperazine rings is 1.